The summed E-state index contributed by atoms with van der Waals surface area (Å²) in [5, 5.41) is 2.56. The molecule has 41 heavy (non-hydrogen) atoms. The first-order chi connectivity index (χ1) is 19.2. The van der Waals surface area contributed by atoms with Crippen molar-refractivity contribution in [2.24, 2.45) is 33.2 Å². The quantitative estimate of drug-likeness (QED) is 0.0896. The van der Waals surface area contributed by atoms with Gasteiger partial charge in [-0.2, -0.15) is 0 Å². The van der Waals surface area contributed by atoms with Crippen molar-refractivity contribution < 1.29 is 27.6 Å². The average molecular weight is 592 g/mol. The number of nitrogens with two attached hydrogens (primary N) is 2. The van der Waals surface area contributed by atoms with E-state index in [0.717, 1.165) is 11.3 Å². The number of pyridine rings is 1. The van der Waals surface area contributed by atoms with Gasteiger partial charge in [0.05, 0.1) is 18.3 Å². The number of nitrogens with zero attached hydrogens (tertiary/aromatic N) is 3. The Kier molecular flexibility index (Phi) is 10.2. The van der Waals surface area contributed by atoms with E-state index in [1.165, 1.54) is 13.2 Å². The van der Waals surface area contributed by atoms with Crippen LogP contribution in [0.5, 0.6) is 0 Å². The van der Waals surface area contributed by atoms with Gasteiger partial charge in [0.15, 0.2) is 5.96 Å². The second-order valence-corrected chi connectivity index (χ2v) is 13.4. The smallest absolute Gasteiger partial charge is 0.241 e. The molecule has 0 aromatic carbocycles. The second-order valence-electron chi connectivity index (χ2n) is 11.6. The maximum Gasteiger partial charge on any atom is 0.241 e. The molecule has 2 fully saturated rings. The number of likely N-dealkylation sites (N-methyl/N-ethyl adjacent to an activating group) is 1. The van der Waals surface area contributed by atoms with Gasteiger partial charge >= 0.3 is 0 Å². The first kappa shape index (κ1) is 32.1. The molecule has 1 heterocycles. The number of guanidine groups is 1. The molecule has 2 amide bonds. The highest BCUT2D eigenvalue weighted by atomic mass is 32.2. The number of sulfonamides is 1. The van der Waals surface area contributed by atoms with E-state index in [1.807, 2.05) is 13.8 Å². The minimum absolute atomic E-state index is 0.00736. The van der Waals surface area contributed by atoms with Crippen LogP contribution >= 0.6 is 0 Å². The lowest BCUT2D eigenvalue weighted by Crippen LogP contribution is -2.53. The molecule has 14 heteroatoms. The van der Waals surface area contributed by atoms with E-state index in [0.29, 0.717) is 44.1 Å². The predicted octanol–water partition coefficient (Wildman–Crippen LogP) is -0.497. The van der Waals surface area contributed by atoms with Crippen LogP contribution in [0.2, 0.25) is 0 Å². The maximum absolute atomic E-state index is 13.5. The molecule has 2 aliphatic rings. The molecule has 2 bridgehead atoms. The normalized spacial score (nSPS) is 22.5. The number of aromatic nitrogens is 1. The van der Waals surface area contributed by atoms with Crippen molar-refractivity contribution in [3.63, 3.8) is 0 Å². The van der Waals surface area contributed by atoms with Gasteiger partial charge in [0.2, 0.25) is 21.8 Å². The zero-order valence-electron chi connectivity index (χ0n) is 23.8. The Morgan fingerprint density at radius 3 is 2.61 bits per heavy atom. The highest BCUT2D eigenvalue weighted by Gasteiger charge is 2.65. The topological polar surface area (TPSA) is 207 Å². The number of hydrogen-bond donors (Lipinski definition) is 4. The van der Waals surface area contributed by atoms with E-state index >= 15 is 0 Å². The Morgan fingerprint density at radius 2 is 2.05 bits per heavy atom. The lowest BCUT2D eigenvalue weighted by molar-refractivity contribution is -0.136. The first-order valence-corrected chi connectivity index (χ1v) is 15.3. The second kappa shape index (κ2) is 13.1. The highest BCUT2D eigenvalue weighted by Crippen LogP contribution is 2.64. The van der Waals surface area contributed by atoms with Gasteiger partial charge in [-0.05, 0) is 55.1 Å². The minimum Gasteiger partial charge on any atom is -0.370 e. The van der Waals surface area contributed by atoms with Gasteiger partial charge in [0.25, 0.3) is 0 Å². The van der Waals surface area contributed by atoms with Crippen LogP contribution in [0, 0.1) is 16.7 Å². The van der Waals surface area contributed by atoms with Gasteiger partial charge in [-0.25, -0.2) is 13.1 Å². The van der Waals surface area contributed by atoms with Gasteiger partial charge in [0.1, 0.15) is 18.1 Å². The van der Waals surface area contributed by atoms with Gasteiger partial charge in [-0.15, -0.1) is 0 Å². The molecule has 0 radical (unpaired) electrons. The van der Waals surface area contributed by atoms with E-state index in [1.54, 1.807) is 18.3 Å². The zero-order valence-corrected chi connectivity index (χ0v) is 24.7. The summed E-state index contributed by atoms with van der Waals surface area (Å²) in [7, 11) is -2.72. The van der Waals surface area contributed by atoms with Crippen molar-refractivity contribution in [3.05, 3.63) is 30.1 Å². The largest absolute Gasteiger partial charge is 0.370 e. The first-order valence-electron chi connectivity index (χ1n) is 13.7. The van der Waals surface area contributed by atoms with E-state index in [4.69, 9.17) is 11.5 Å². The highest BCUT2D eigenvalue weighted by molar-refractivity contribution is 7.89. The molecule has 4 atom stereocenters. The van der Waals surface area contributed by atoms with Crippen molar-refractivity contribution in [1.82, 2.24) is 19.9 Å². The van der Waals surface area contributed by atoms with Crippen molar-refractivity contribution in [2.45, 2.75) is 64.5 Å². The van der Waals surface area contributed by atoms with Gasteiger partial charge in [-0.1, -0.05) is 19.9 Å². The summed E-state index contributed by atoms with van der Waals surface area (Å²) < 4.78 is 29.6. The van der Waals surface area contributed by atoms with Gasteiger partial charge < -0.3 is 26.5 Å². The summed E-state index contributed by atoms with van der Waals surface area (Å²) in [5.74, 6) is -1.59. The summed E-state index contributed by atoms with van der Waals surface area (Å²) in [4.78, 5) is 59.5. The fourth-order valence-electron chi connectivity index (χ4n) is 6.13. The number of carbonyl (C=O) groups excluding carboxylic acids is 4. The third-order valence-electron chi connectivity index (χ3n) is 8.59. The summed E-state index contributed by atoms with van der Waals surface area (Å²) in [6.45, 7) is 3.79. The molecule has 3 rings (SSSR count). The Morgan fingerprint density at radius 1 is 1.32 bits per heavy atom. The fourth-order valence-corrected chi connectivity index (χ4v) is 8.16. The number of fused-ring (bicyclic) bond motifs is 2. The van der Waals surface area contributed by atoms with Crippen LogP contribution < -0.4 is 21.5 Å². The van der Waals surface area contributed by atoms with E-state index in [9.17, 15) is 27.6 Å². The van der Waals surface area contributed by atoms with E-state index in [-0.39, 0.29) is 24.1 Å². The van der Waals surface area contributed by atoms with Crippen LogP contribution in [0.15, 0.2) is 29.5 Å². The number of ketones is 1. The molecule has 4 unspecified atom stereocenters. The number of hydrogen-bond acceptors (Lipinski definition) is 8. The van der Waals surface area contributed by atoms with Crippen molar-refractivity contribution >= 4 is 39.9 Å². The molecular weight excluding hydrogens is 550 g/mol. The fraction of sp³-hybridized carbons (Fsp3) is 0.630. The Balaban J connectivity index is 1.70. The van der Waals surface area contributed by atoms with Crippen LogP contribution in [-0.2, 0) is 35.6 Å². The molecule has 13 nitrogen and oxygen atoms in total. The molecule has 6 N–H and O–H groups in total. The number of carbonyl (C=O) groups is 4. The zero-order chi connectivity index (χ0) is 30.4. The Hall–Kier alpha value is -3.39. The number of aliphatic imine (C=N–C) groups is 1. The van der Waals surface area contributed by atoms with Crippen LogP contribution in [0.1, 0.15) is 51.5 Å². The monoisotopic (exact) mass is 591 g/mol. The van der Waals surface area contributed by atoms with E-state index < -0.39 is 57.0 Å². The number of rotatable bonds is 15. The minimum atomic E-state index is -4.10. The molecular formula is C27H41N7O6S. The van der Waals surface area contributed by atoms with Crippen molar-refractivity contribution in [2.75, 3.05) is 25.9 Å². The van der Waals surface area contributed by atoms with Crippen molar-refractivity contribution in [1.29, 1.82) is 0 Å². The van der Waals surface area contributed by atoms with Crippen LogP contribution in [0.3, 0.4) is 0 Å². The van der Waals surface area contributed by atoms with Crippen LogP contribution in [0.25, 0.3) is 0 Å². The molecule has 0 spiro atoms. The third kappa shape index (κ3) is 7.67. The molecule has 1 aromatic rings. The van der Waals surface area contributed by atoms with Crippen LogP contribution in [0.4, 0.5) is 0 Å². The molecule has 0 saturated heterocycles. The average Bonchev–Trinajstić information content (AvgIpc) is 3.24. The molecule has 226 valence electrons. The summed E-state index contributed by atoms with van der Waals surface area (Å²) in [6.07, 6.45) is 6.08. The molecule has 2 aliphatic carbocycles. The number of aldehydes is 1. The predicted molar refractivity (Wildman–Crippen MR) is 153 cm³/mol. The number of amides is 2. The van der Waals surface area contributed by atoms with Gasteiger partial charge in [-0.3, -0.25) is 24.4 Å². The lowest BCUT2D eigenvalue weighted by Gasteiger charge is -2.36. The number of nitrogens with one attached hydrogen (secondary N) is 2. The summed E-state index contributed by atoms with van der Waals surface area (Å²) in [6, 6.07) is 1.35. The Labute approximate surface area is 241 Å². The van der Waals surface area contributed by atoms with Crippen molar-refractivity contribution in [3.8, 4) is 0 Å². The van der Waals surface area contributed by atoms with Gasteiger partial charge in [0, 0.05) is 37.8 Å². The third-order valence-corrected chi connectivity index (χ3v) is 10.1. The molecule has 1 aromatic heterocycles. The standard InChI is InChI=1S/C27H41N7O6S/c1-26(2)19-8-9-27(26,22(36)13-19)17-41(39,40)33-21(12-18-6-4-10-30-14-18)24(38)34(3)15-23(37)32-20(16-35)7-5-11-31-25(28)29/h4,6,10,14,16,19-21,33H,5,7-9,11-13,15,17H2,1-3H3,(H,32,37)(H4,28,29,31). The van der Waals surface area contributed by atoms with Crippen LogP contribution in [-0.4, -0.2) is 86.1 Å². The van der Waals surface area contributed by atoms with E-state index in [2.05, 4.69) is 20.0 Å². The Bertz CT molecular complexity index is 1270. The molecule has 0 aliphatic heterocycles. The lowest BCUT2D eigenvalue weighted by atomic mass is 9.70. The number of Topliss-reactive ketones (excluding diaryl/α,β-unsaturated/α-hetero) is 1. The SMILES string of the molecule is CN(CC(=O)NC(C=O)CCCN=C(N)N)C(=O)C(Cc1cccnc1)NS(=O)(=O)CC12CCC(CC1=O)C2(C)C. The summed E-state index contributed by atoms with van der Waals surface area (Å²) in [5.41, 5.74) is 9.72. The maximum atomic E-state index is 13.5. The molecule has 2 saturated carbocycles. The summed E-state index contributed by atoms with van der Waals surface area (Å²) >= 11 is 0.